The number of piperidine rings is 1. The van der Waals surface area contributed by atoms with Crippen molar-refractivity contribution in [2.45, 2.75) is 62.8 Å². The number of hydrogen-bond acceptors (Lipinski definition) is 4. The van der Waals surface area contributed by atoms with E-state index in [2.05, 4.69) is 39.9 Å². The third kappa shape index (κ3) is 5.18. The summed E-state index contributed by atoms with van der Waals surface area (Å²) >= 11 is 1.93. The number of fused-ring (bicyclic) bond motifs is 1. The molecule has 7 heteroatoms. The van der Waals surface area contributed by atoms with Gasteiger partial charge in [0.2, 0.25) is 5.91 Å². The van der Waals surface area contributed by atoms with Crippen molar-refractivity contribution in [3.05, 3.63) is 24.3 Å². The van der Waals surface area contributed by atoms with Crippen LogP contribution in [-0.2, 0) is 4.79 Å². The van der Waals surface area contributed by atoms with Gasteiger partial charge in [-0.3, -0.25) is 4.79 Å². The molecule has 158 valence electrons. The van der Waals surface area contributed by atoms with Gasteiger partial charge in [0.15, 0.2) is 0 Å². The molecule has 3 fully saturated rings. The number of carbonyl (C=O) groups is 2. The van der Waals surface area contributed by atoms with E-state index >= 15 is 0 Å². The molecule has 0 aromatic heterocycles. The van der Waals surface area contributed by atoms with Gasteiger partial charge in [0.1, 0.15) is 0 Å². The minimum absolute atomic E-state index is 0.0365. The first-order valence-corrected chi connectivity index (χ1v) is 12.0. The van der Waals surface area contributed by atoms with E-state index in [1.54, 1.807) is 0 Å². The van der Waals surface area contributed by atoms with Crippen molar-refractivity contribution in [1.29, 1.82) is 0 Å². The van der Waals surface area contributed by atoms with Crippen molar-refractivity contribution < 1.29 is 9.59 Å². The van der Waals surface area contributed by atoms with Crippen molar-refractivity contribution in [3.63, 3.8) is 0 Å². The molecule has 0 aliphatic carbocycles. The Labute approximate surface area is 177 Å². The van der Waals surface area contributed by atoms with Crippen molar-refractivity contribution in [2.24, 2.45) is 5.92 Å². The Morgan fingerprint density at radius 2 is 1.93 bits per heavy atom. The molecule has 29 heavy (non-hydrogen) atoms. The molecule has 0 saturated carbocycles. The predicted molar refractivity (Wildman–Crippen MR) is 120 cm³/mol. The average Bonchev–Trinajstić information content (AvgIpc) is 3.26. The standard InChI is InChI=1S/C22H32N4O2S/c1-15-10-12-26(13-11-15)17-8-6-16(7-9-17)23-20(27)5-3-2-4-19-21-18(14-29-19)24-22(28)25-21/h6-9,15,18-19,21H,2-5,10-14H2,1H3,(H,23,27)(H2,24,25,28)/t18-,19-,21-/m0/s1. The predicted octanol–water partition coefficient (Wildman–Crippen LogP) is 3.59. The Morgan fingerprint density at radius 3 is 2.69 bits per heavy atom. The molecule has 3 aliphatic heterocycles. The van der Waals surface area contributed by atoms with E-state index in [1.807, 2.05) is 23.9 Å². The Morgan fingerprint density at radius 1 is 1.17 bits per heavy atom. The second kappa shape index (κ2) is 9.28. The fourth-order valence-electron chi connectivity index (χ4n) is 4.52. The van der Waals surface area contributed by atoms with E-state index in [0.717, 1.165) is 49.7 Å². The smallest absolute Gasteiger partial charge is 0.315 e. The Balaban J connectivity index is 1.15. The molecule has 3 N–H and O–H groups in total. The summed E-state index contributed by atoms with van der Waals surface area (Å²) in [5.41, 5.74) is 2.12. The largest absolute Gasteiger partial charge is 0.372 e. The summed E-state index contributed by atoms with van der Waals surface area (Å²) < 4.78 is 0. The van der Waals surface area contributed by atoms with Crippen LogP contribution in [0.2, 0.25) is 0 Å². The molecule has 3 saturated heterocycles. The Bertz CT molecular complexity index is 718. The van der Waals surface area contributed by atoms with Crippen LogP contribution < -0.4 is 20.9 Å². The number of anilines is 2. The summed E-state index contributed by atoms with van der Waals surface area (Å²) in [6.07, 6.45) is 5.98. The second-order valence-corrected chi connectivity index (χ2v) is 9.90. The highest BCUT2D eigenvalue weighted by Crippen LogP contribution is 2.33. The van der Waals surface area contributed by atoms with Gasteiger partial charge in [0, 0.05) is 41.9 Å². The van der Waals surface area contributed by atoms with Gasteiger partial charge < -0.3 is 20.9 Å². The van der Waals surface area contributed by atoms with E-state index in [9.17, 15) is 9.59 Å². The highest BCUT2D eigenvalue weighted by molar-refractivity contribution is 8.00. The van der Waals surface area contributed by atoms with Crippen LogP contribution in [0.5, 0.6) is 0 Å². The van der Waals surface area contributed by atoms with Crippen LogP contribution >= 0.6 is 11.8 Å². The summed E-state index contributed by atoms with van der Waals surface area (Å²) in [7, 11) is 0. The van der Waals surface area contributed by atoms with E-state index in [1.165, 1.54) is 18.5 Å². The normalized spacial score (nSPS) is 26.7. The first kappa shape index (κ1) is 20.4. The lowest BCUT2D eigenvalue weighted by Gasteiger charge is -2.32. The van der Waals surface area contributed by atoms with Crippen LogP contribution in [0.4, 0.5) is 16.2 Å². The third-order valence-electron chi connectivity index (χ3n) is 6.38. The van der Waals surface area contributed by atoms with Gasteiger partial charge in [-0.05, 0) is 55.9 Å². The van der Waals surface area contributed by atoms with E-state index < -0.39 is 0 Å². The van der Waals surface area contributed by atoms with Gasteiger partial charge in [-0.25, -0.2) is 4.79 Å². The fourth-order valence-corrected chi connectivity index (χ4v) is 6.06. The molecular weight excluding hydrogens is 384 g/mol. The number of nitrogens with zero attached hydrogens (tertiary/aromatic N) is 1. The molecule has 4 rings (SSSR count). The third-order valence-corrected chi connectivity index (χ3v) is 7.89. The first-order valence-electron chi connectivity index (χ1n) is 10.9. The molecule has 3 aliphatic rings. The van der Waals surface area contributed by atoms with Crippen LogP contribution in [0.25, 0.3) is 0 Å². The number of nitrogens with one attached hydrogen (secondary N) is 3. The molecule has 1 aromatic rings. The molecule has 0 unspecified atom stereocenters. The lowest BCUT2D eigenvalue weighted by molar-refractivity contribution is -0.116. The van der Waals surface area contributed by atoms with Crippen molar-refractivity contribution in [1.82, 2.24) is 10.6 Å². The van der Waals surface area contributed by atoms with Crippen molar-refractivity contribution in [3.8, 4) is 0 Å². The van der Waals surface area contributed by atoms with Gasteiger partial charge in [0.05, 0.1) is 12.1 Å². The van der Waals surface area contributed by atoms with E-state index in [0.29, 0.717) is 11.7 Å². The SMILES string of the molecule is CC1CCN(c2ccc(NC(=O)CCCC[C@@H]3SC[C@@H]4NC(=O)N[C@@H]43)cc2)CC1. The molecular formula is C22H32N4O2S. The van der Waals surface area contributed by atoms with Gasteiger partial charge >= 0.3 is 6.03 Å². The topological polar surface area (TPSA) is 73.5 Å². The zero-order chi connectivity index (χ0) is 20.2. The maximum atomic E-state index is 12.3. The van der Waals surface area contributed by atoms with Crippen LogP contribution in [0.3, 0.4) is 0 Å². The first-order chi connectivity index (χ1) is 14.1. The Kier molecular flexibility index (Phi) is 6.53. The lowest BCUT2D eigenvalue weighted by Crippen LogP contribution is -2.36. The summed E-state index contributed by atoms with van der Waals surface area (Å²) in [5, 5.41) is 9.48. The minimum Gasteiger partial charge on any atom is -0.372 e. The number of hydrogen-bond donors (Lipinski definition) is 3. The minimum atomic E-state index is -0.0365. The molecule has 1 aromatic carbocycles. The van der Waals surface area contributed by atoms with Crippen LogP contribution in [-0.4, -0.2) is 48.1 Å². The van der Waals surface area contributed by atoms with Gasteiger partial charge in [-0.15, -0.1) is 0 Å². The van der Waals surface area contributed by atoms with Crippen molar-refractivity contribution in [2.75, 3.05) is 29.1 Å². The zero-order valence-electron chi connectivity index (χ0n) is 17.2. The van der Waals surface area contributed by atoms with E-state index in [-0.39, 0.29) is 24.0 Å². The number of thioether (sulfide) groups is 1. The summed E-state index contributed by atoms with van der Waals surface area (Å²) in [6.45, 7) is 4.56. The van der Waals surface area contributed by atoms with Crippen molar-refractivity contribution >= 4 is 35.1 Å². The van der Waals surface area contributed by atoms with Gasteiger partial charge in [-0.1, -0.05) is 13.3 Å². The Hall–Kier alpha value is -1.89. The number of benzene rings is 1. The summed E-state index contributed by atoms with van der Waals surface area (Å²) in [4.78, 5) is 26.1. The highest BCUT2D eigenvalue weighted by atomic mass is 32.2. The molecule has 3 amide bonds. The molecule has 0 radical (unpaired) electrons. The maximum absolute atomic E-state index is 12.3. The van der Waals surface area contributed by atoms with E-state index in [4.69, 9.17) is 0 Å². The van der Waals surface area contributed by atoms with Gasteiger partial charge in [0.25, 0.3) is 0 Å². The quantitative estimate of drug-likeness (QED) is 0.469. The van der Waals surface area contributed by atoms with Gasteiger partial charge in [-0.2, -0.15) is 11.8 Å². The summed E-state index contributed by atoms with van der Waals surface area (Å²) in [5.74, 6) is 1.89. The fraction of sp³-hybridized carbons (Fsp3) is 0.636. The van der Waals surface area contributed by atoms with Crippen LogP contribution in [0.1, 0.15) is 45.4 Å². The number of amides is 3. The number of carbonyl (C=O) groups excluding carboxylic acids is 2. The monoisotopic (exact) mass is 416 g/mol. The lowest BCUT2D eigenvalue weighted by atomic mass is 9.99. The number of urea groups is 1. The summed E-state index contributed by atoms with van der Waals surface area (Å²) in [6, 6.07) is 8.74. The molecule has 6 nitrogen and oxygen atoms in total. The average molecular weight is 417 g/mol. The molecule has 3 heterocycles. The number of rotatable bonds is 7. The highest BCUT2D eigenvalue weighted by Gasteiger charge is 2.42. The van der Waals surface area contributed by atoms with Crippen LogP contribution in [0, 0.1) is 5.92 Å². The maximum Gasteiger partial charge on any atom is 0.315 e. The molecule has 0 spiro atoms. The molecule has 0 bridgehead atoms. The zero-order valence-corrected chi connectivity index (χ0v) is 18.0. The van der Waals surface area contributed by atoms with Crippen LogP contribution in [0.15, 0.2) is 24.3 Å². The second-order valence-electron chi connectivity index (χ2n) is 8.63. The molecule has 3 atom stereocenters. The number of unbranched alkanes of at least 4 members (excludes halogenated alkanes) is 1.